The molecule has 4 rings (SSSR count). The Balaban J connectivity index is 1.72. The maximum Gasteiger partial charge on any atom is 0.421 e. The third-order valence-electron chi connectivity index (χ3n) is 5.17. The zero-order valence-electron chi connectivity index (χ0n) is 17.5. The molecule has 0 atom stereocenters. The fraction of sp³-hybridized carbons (Fsp3) is 0.217. The molecule has 0 amide bonds. The Bertz CT molecular complexity index is 1210. The lowest BCUT2D eigenvalue weighted by Crippen LogP contribution is -2.13. The van der Waals surface area contributed by atoms with Gasteiger partial charge >= 0.3 is 6.18 Å². The highest BCUT2D eigenvalue weighted by molar-refractivity contribution is 5.82. The van der Waals surface area contributed by atoms with E-state index < -0.39 is 30.4 Å². The van der Waals surface area contributed by atoms with Crippen molar-refractivity contribution in [2.45, 2.75) is 32.5 Å². The van der Waals surface area contributed by atoms with E-state index in [1.807, 2.05) is 6.07 Å². The molecule has 0 radical (unpaired) electrons. The third kappa shape index (κ3) is 4.89. The van der Waals surface area contributed by atoms with Crippen molar-refractivity contribution in [2.24, 2.45) is 0 Å². The minimum atomic E-state index is -4.71. The lowest BCUT2D eigenvalue weighted by molar-refractivity contribution is -0.137. The standard InChI is InChI=1S/C23H20F5N5/c1-12-6-7-17(15(8-12)9-19(24)25)32-22-30-11-16(23(26,27)28)21(33-22)31-18-5-3-4-14-10-29-13(2)20(14)18/h3-8,11,19,29H,2,9-10H2,1H3,(H2,30,31,32,33). The molecule has 3 N–H and O–H groups in total. The van der Waals surface area contributed by atoms with Crippen molar-refractivity contribution in [3.63, 3.8) is 0 Å². The van der Waals surface area contributed by atoms with Gasteiger partial charge in [0.05, 0.1) is 0 Å². The maximum absolute atomic E-state index is 13.7. The first-order valence-corrected chi connectivity index (χ1v) is 10.0. The summed E-state index contributed by atoms with van der Waals surface area (Å²) in [7, 11) is 0. The molecule has 0 saturated carbocycles. The first-order valence-electron chi connectivity index (χ1n) is 10.0. The van der Waals surface area contributed by atoms with Crippen LogP contribution in [0.2, 0.25) is 0 Å². The summed E-state index contributed by atoms with van der Waals surface area (Å²) in [6.45, 7) is 6.18. The zero-order valence-corrected chi connectivity index (χ0v) is 17.5. The molecule has 0 fully saturated rings. The van der Waals surface area contributed by atoms with Crippen LogP contribution in [-0.4, -0.2) is 16.4 Å². The van der Waals surface area contributed by atoms with Crippen LogP contribution in [0.4, 0.5) is 45.1 Å². The number of hydrogen-bond acceptors (Lipinski definition) is 5. The molecule has 1 aliphatic heterocycles. The lowest BCUT2D eigenvalue weighted by Gasteiger charge is -2.17. The summed E-state index contributed by atoms with van der Waals surface area (Å²) in [5, 5.41) is 8.60. The Morgan fingerprint density at radius 3 is 2.64 bits per heavy atom. The second kappa shape index (κ2) is 8.68. The number of alkyl halides is 5. The number of nitrogens with one attached hydrogen (secondary N) is 3. The molecule has 0 bridgehead atoms. The smallest absolute Gasteiger partial charge is 0.381 e. The Morgan fingerprint density at radius 1 is 1.12 bits per heavy atom. The summed E-state index contributed by atoms with van der Waals surface area (Å²) in [5.74, 6) is -0.620. The van der Waals surface area contributed by atoms with E-state index in [-0.39, 0.29) is 5.95 Å². The van der Waals surface area contributed by atoms with Gasteiger partial charge in [-0.05, 0) is 30.2 Å². The van der Waals surface area contributed by atoms with Crippen LogP contribution in [0.1, 0.15) is 27.8 Å². The summed E-state index contributed by atoms with van der Waals surface area (Å²) in [6.07, 6.45) is -7.14. The highest BCUT2D eigenvalue weighted by atomic mass is 19.4. The van der Waals surface area contributed by atoms with Gasteiger partial charge in [-0.15, -0.1) is 0 Å². The average Bonchev–Trinajstić information content (AvgIpc) is 3.11. The Hall–Kier alpha value is -3.69. The summed E-state index contributed by atoms with van der Waals surface area (Å²) >= 11 is 0. The molecular formula is C23H20F5N5. The molecule has 0 saturated heterocycles. The topological polar surface area (TPSA) is 61.9 Å². The second-order valence-corrected chi connectivity index (χ2v) is 7.63. The van der Waals surface area contributed by atoms with E-state index in [4.69, 9.17) is 0 Å². The Morgan fingerprint density at radius 2 is 1.91 bits per heavy atom. The molecule has 172 valence electrons. The van der Waals surface area contributed by atoms with E-state index in [0.717, 1.165) is 11.1 Å². The molecule has 2 heterocycles. The van der Waals surface area contributed by atoms with E-state index in [2.05, 4.69) is 32.5 Å². The summed E-state index contributed by atoms with van der Waals surface area (Å²) in [4.78, 5) is 7.81. The number of rotatable bonds is 6. The van der Waals surface area contributed by atoms with Gasteiger partial charge in [0, 0.05) is 41.8 Å². The van der Waals surface area contributed by atoms with E-state index >= 15 is 0 Å². The van der Waals surface area contributed by atoms with Crippen molar-refractivity contribution < 1.29 is 22.0 Å². The number of aromatic nitrogens is 2. The number of aryl methyl sites for hydroxylation is 1. The van der Waals surface area contributed by atoms with Gasteiger partial charge in [-0.3, -0.25) is 0 Å². The van der Waals surface area contributed by atoms with Gasteiger partial charge in [0.15, 0.2) is 0 Å². The first kappa shape index (κ1) is 22.5. The van der Waals surface area contributed by atoms with Crippen LogP contribution in [0.5, 0.6) is 0 Å². The number of halogens is 5. The molecule has 0 aliphatic carbocycles. The number of hydrogen-bond donors (Lipinski definition) is 3. The van der Waals surface area contributed by atoms with Gasteiger partial charge in [0.2, 0.25) is 12.4 Å². The summed E-state index contributed by atoms with van der Waals surface area (Å²) < 4.78 is 67.0. The van der Waals surface area contributed by atoms with Crippen molar-refractivity contribution in [2.75, 3.05) is 10.6 Å². The first-order chi connectivity index (χ1) is 15.6. The molecule has 1 aromatic heterocycles. The van der Waals surface area contributed by atoms with E-state index in [9.17, 15) is 22.0 Å². The largest absolute Gasteiger partial charge is 0.421 e. The number of benzene rings is 2. The molecule has 10 heteroatoms. The maximum atomic E-state index is 13.7. The van der Waals surface area contributed by atoms with Crippen LogP contribution in [0.15, 0.2) is 49.2 Å². The van der Waals surface area contributed by atoms with Crippen molar-refractivity contribution >= 4 is 28.8 Å². The van der Waals surface area contributed by atoms with Crippen molar-refractivity contribution in [3.8, 4) is 0 Å². The van der Waals surface area contributed by atoms with Gasteiger partial charge in [0.25, 0.3) is 0 Å². The zero-order chi connectivity index (χ0) is 23.8. The average molecular weight is 461 g/mol. The van der Waals surface area contributed by atoms with Gasteiger partial charge < -0.3 is 16.0 Å². The van der Waals surface area contributed by atoms with Crippen LogP contribution in [0, 0.1) is 6.92 Å². The highest BCUT2D eigenvalue weighted by Crippen LogP contribution is 2.38. The van der Waals surface area contributed by atoms with Crippen molar-refractivity contribution in [3.05, 3.63) is 77.0 Å². The van der Waals surface area contributed by atoms with Gasteiger partial charge in [-0.1, -0.05) is 36.4 Å². The van der Waals surface area contributed by atoms with E-state index in [1.165, 1.54) is 0 Å². The highest BCUT2D eigenvalue weighted by Gasteiger charge is 2.36. The lowest BCUT2D eigenvalue weighted by atomic mass is 10.1. The predicted octanol–water partition coefficient (Wildman–Crippen LogP) is 6.17. The normalized spacial score (nSPS) is 13.1. The summed E-state index contributed by atoms with van der Waals surface area (Å²) in [5.41, 5.74) is 2.89. The van der Waals surface area contributed by atoms with Crippen LogP contribution < -0.4 is 16.0 Å². The monoisotopic (exact) mass is 461 g/mol. The van der Waals surface area contributed by atoms with Crippen LogP contribution in [0.3, 0.4) is 0 Å². The number of anilines is 4. The molecular weight excluding hydrogens is 441 g/mol. The third-order valence-corrected chi connectivity index (χ3v) is 5.17. The van der Waals surface area contributed by atoms with Crippen molar-refractivity contribution in [1.29, 1.82) is 0 Å². The van der Waals surface area contributed by atoms with E-state index in [0.29, 0.717) is 40.9 Å². The van der Waals surface area contributed by atoms with Gasteiger partial charge in [-0.2, -0.15) is 18.2 Å². The molecule has 0 spiro atoms. The minimum absolute atomic E-state index is 0.158. The SMILES string of the molecule is C=C1NCc2cccc(Nc3nc(Nc4ccc(C)cc4CC(F)F)ncc3C(F)(F)F)c21. The number of fused-ring (bicyclic) bond motifs is 1. The Kier molecular flexibility index (Phi) is 5.92. The van der Waals surface area contributed by atoms with E-state index in [1.54, 1.807) is 37.3 Å². The van der Waals surface area contributed by atoms with Gasteiger partial charge in [-0.25, -0.2) is 13.8 Å². The molecule has 33 heavy (non-hydrogen) atoms. The molecule has 2 aromatic carbocycles. The molecule has 3 aromatic rings. The van der Waals surface area contributed by atoms with Gasteiger partial charge in [0.1, 0.15) is 11.4 Å². The quantitative estimate of drug-likeness (QED) is 0.383. The summed E-state index contributed by atoms with van der Waals surface area (Å²) in [6, 6.07) is 10.1. The fourth-order valence-corrected chi connectivity index (χ4v) is 3.67. The predicted molar refractivity (Wildman–Crippen MR) is 117 cm³/mol. The second-order valence-electron chi connectivity index (χ2n) is 7.63. The van der Waals surface area contributed by atoms with Crippen LogP contribution in [-0.2, 0) is 19.1 Å². The van der Waals surface area contributed by atoms with Crippen LogP contribution in [0.25, 0.3) is 5.70 Å². The molecule has 5 nitrogen and oxygen atoms in total. The fourth-order valence-electron chi connectivity index (χ4n) is 3.67. The Labute approximate surface area is 186 Å². The molecule has 1 aliphatic rings. The minimum Gasteiger partial charge on any atom is -0.381 e. The van der Waals surface area contributed by atoms with Crippen molar-refractivity contribution in [1.82, 2.24) is 15.3 Å². The molecule has 0 unspecified atom stereocenters. The van der Waals surface area contributed by atoms with Crippen LogP contribution >= 0.6 is 0 Å². The number of nitrogens with zero attached hydrogens (tertiary/aromatic N) is 2.